The van der Waals surface area contributed by atoms with Crippen LogP contribution in [0.2, 0.25) is 5.22 Å². The third-order valence-electron chi connectivity index (χ3n) is 2.92. The molecule has 1 aromatic carbocycles. The number of hydrogen-bond acceptors (Lipinski definition) is 4. The van der Waals surface area contributed by atoms with Gasteiger partial charge in [-0.2, -0.15) is 0 Å². The van der Waals surface area contributed by atoms with Gasteiger partial charge >= 0.3 is 0 Å². The fourth-order valence-electron chi connectivity index (χ4n) is 1.87. The second-order valence-electron chi connectivity index (χ2n) is 4.39. The Morgan fingerprint density at radius 3 is 2.62 bits per heavy atom. The van der Waals surface area contributed by atoms with E-state index in [1.807, 2.05) is 36.6 Å². The second-order valence-corrected chi connectivity index (χ2v) is 5.80. The fourth-order valence-corrected chi connectivity index (χ4v) is 2.70. The van der Waals surface area contributed by atoms with Crippen LogP contribution in [0.5, 0.6) is 0 Å². The van der Waals surface area contributed by atoms with Crippen LogP contribution >= 0.6 is 22.9 Å². The summed E-state index contributed by atoms with van der Waals surface area (Å²) in [5.41, 5.74) is 2.95. The summed E-state index contributed by atoms with van der Waals surface area (Å²) in [5, 5.41) is 5.89. The van der Waals surface area contributed by atoms with Crippen LogP contribution in [0.25, 0.3) is 11.3 Å². The molecular weight excluding hydrogens is 308 g/mol. The van der Waals surface area contributed by atoms with Gasteiger partial charge in [0.05, 0.1) is 22.5 Å². The lowest BCUT2D eigenvalue weighted by Gasteiger charge is -2.04. The molecule has 0 saturated carbocycles. The van der Waals surface area contributed by atoms with E-state index < -0.39 is 0 Å². The number of carbonyl (C=O) groups excluding carboxylic acids is 1. The van der Waals surface area contributed by atoms with E-state index in [-0.39, 0.29) is 11.1 Å². The maximum Gasteiger partial charge on any atom is 0.260 e. The highest BCUT2D eigenvalue weighted by Crippen LogP contribution is 2.24. The van der Waals surface area contributed by atoms with Gasteiger partial charge in [0.1, 0.15) is 0 Å². The van der Waals surface area contributed by atoms with Crippen molar-refractivity contribution in [1.82, 2.24) is 4.98 Å². The standard InChI is InChI=1S/C15H11ClN2O2S/c1-9-17-13(8-21-9)10-2-4-11(5-3-10)18-15(19)12-6-7-20-14(12)16/h2-8H,1H3,(H,18,19). The molecule has 0 aliphatic carbocycles. The molecule has 6 heteroatoms. The van der Waals surface area contributed by atoms with E-state index in [0.29, 0.717) is 11.3 Å². The topological polar surface area (TPSA) is 55.1 Å². The fraction of sp³-hybridized carbons (Fsp3) is 0.0667. The summed E-state index contributed by atoms with van der Waals surface area (Å²) >= 11 is 7.38. The maximum atomic E-state index is 12.0. The maximum absolute atomic E-state index is 12.0. The molecule has 2 heterocycles. The molecule has 3 rings (SSSR count). The van der Waals surface area contributed by atoms with Gasteiger partial charge in [0.25, 0.3) is 5.91 Å². The molecule has 0 bridgehead atoms. The minimum atomic E-state index is -0.300. The van der Waals surface area contributed by atoms with Gasteiger partial charge in [0.2, 0.25) is 5.22 Å². The van der Waals surface area contributed by atoms with Gasteiger partial charge in [-0.1, -0.05) is 12.1 Å². The number of anilines is 1. The lowest BCUT2D eigenvalue weighted by Crippen LogP contribution is -2.11. The van der Waals surface area contributed by atoms with E-state index in [4.69, 9.17) is 16.0 Å². The van der Waals surface area contributed by atoms with Crippen molar-refractivity contribution in [2.24, 2.45) is 0 Å². The minimum absolute atomic E-state index is 0.0852. The summed E-state index contributed by atoms with van der Waals surface area (Å²) in [7, 11) is 0. The number of nitrogens with zero attached hydrogens (tertiary/aromatic N) is 1. The predicted molar refractivity (Wildman–Crippen MR) is 84.0 cm³/mol. The van der Waals surface area contributed by atoms with E-state index in [1.165, 1.54) is 12.3 Å². The number of halogens is 1. The monoisotopic (exact) mass is 318 g/mol. The molecule has 0 spiro atoms. The molecular formula is C15H11ClN2O2S. The first-order chi connectivity index (χ1) is 10.1. The van der Waals surface area contributed by atoms with Crippen molar-refractivity contribution in [3.05, 3.63) is 57.8 Å². The SMILES string of the molecule is Cc1nc(-c2ccc(NC(=O)c3ccoc3Cl)cc2)cs1. The van der Waals surface area contributed by atoms with Crippen LogP contribution in [-0.4, -0.2) is 10.9 Å². The molecule has 4 nitrogen and oxygen atoms in total. The molecule has 2 aromatic heterocycles. The van der Waals surface area contributed by atoms with Gasteiger partial charge in [-0.15, -0.1) is 11.3 Å². The molecule has 0 fully saturated rings. The van der Waals surface area contributed by atoms with E-state index in [0.717, 1.165) is 16.3 Å². The average molecular weight is 319 g/mol. The number of nitrogens with one attached hydrogen (secondary N) is 1. The van der Waals surface area contributed by atoms with Gasteiger partial charge in [0, 0.05) is 16.6 Å². The Balaban J connectivity index is 1.76. The summed E-state index contributed by atoms with van der Waals surface area (Å²) < 4.78 is 4.90. The minimum Gasteiger partial charge on any atom is -0.452 e. The van der Waals surface area contributed by atoms with Crippen molar-refractivity contribution < 1.29 is 9.21 Å². The number of benzene rings is 1. The van der Waals surface area contributed by atoms with Gasteiger partial charge < -0.3 is 9.73 Å². The average Bonchev–Trinajstić information content (AvgIpc) is 3.08. The molecule has 0 aliphatic heterocycles. The zero-order valence-corrected chi connectivity index (χ0v) is 12.7. The Kier molecular flexibility index (Phi) is 3.77. The first kappa shape index (κ1) is 13.9. The van der Waals surface area contributed by atoms with Crippen molar-refractivity contribution in [1.29, 1.82) is 0 Å². The number of thiazole rings is 1. The van der Waals surface area contributed by atoms with Crippen molar-refractivity contribution in [3.63, 3.8) is 0 Å². The van der Waals surface area contributed by atoms with Gasteiger partial charge in [-0.3, -0.25) is 4.79 Å². The number of rotatable bonds is 3. The van der Waals surface area contributed by atoms with E-state index >= 15 is 0 Å². The Morgan fingerprint density at radius 1 is 1.29 bits per heavy atom. The summed E-state index contributed by atoms with van der Waals surface area (Å²) in [5.74, 6) is -0.300. The molecule has 0 unspecified atom stereocenters. The number of carbonyl (C=O) groups is 1. The molecule has 0 atom stereocenters. The highest BCUT2D eigenvalue weighted by molar-refractivity contribution is 7.09. The Bertz CT molecular complexity index is 777. The number of hydrogen-bond donors (Lipinski definition) is 1. The van der Waals surface area contributed by atoms with E-state index in [9.17, 15) is 4.79 Å². The van der Waals surface area contributed by atoms with Crippen molar-refractivity contribution >= 4 is 34.5 Å². The Labute approximate surface area is 130 Å². The summed E-state index contributed by atoms with van der Waals surface area (Å²) in [4.78, 5) is 16.4. The second kappa shape index (κ2) is 5.71. The van der Waals surface area contributed by atoms with Gasteiger partial charge in [0.15, 0.2) is 0 Å². The molecule has 1 N–H and O–H groups in total. The van der Waals surface area contributed by atoms with E-state index in [2.05, 4.69) is 10.3 Å². The third-order valence-corrected chi connectivity index (χ3v) is 3.99. The lowest BCUT2D eigenvalue weighted by molar-refractivity contribution is 0.102. The smallest absolute Gasteiger partial charge is 0.260 e. The molecule has 0 saturated heterocycles. The van der Waals surface area contributed by atoms with Crippen LogP contribution in [0.15, 0.2) is 46.4 Å². The van der Waals surface area contributed by atoms with Gasteiger partial charge in [-0.25, -0.2) is 4.98 Å². The van der Waals surface area contributed by atoms with Crippen LogP contribution in [0.4, 0.5) is 5.69 Å². The Morgan fingerprint density at radius 2 is 2.05 bits per heavy atom. The zero-order valence-electron chi connectivity index (χ0n) is 11.1. The largest absolute Gasteiger partial charge is 0.452 e. The van der Waals surface area contributed by atoms with Crippen molar-refractivity contribution in [2.45, 2.75) is 6.92 Å². The third kappa shape index (κ3) is 2.99. The summed E-state index contributed by atoms with van der Waals surface area (Å²) in [6.45, 7) is 1.97. The molecule has 1 amide bonds. The first-order valence-electron chi connectivity index (χ1n) is 6.20. The number of aromatic nitrogens is 1. The molecule has 21 heavy (non-hydrogen) atoms. The van der Waals surface area contributed by atoms with E-state index in [1.54, 1.807) is 11.3 Å². The highest BCUT2D eigenvalue weighted by atomic mass is 35.5. The van der Waals surface area contributed by atoms with Crippen molar-refractivity contribution in [3.8, 4) is 11.3 Å². The van der Waals surface area contributed by atoms with Gasteiger partial charge in [-0.05, 0) is 36.7 Å². The lowest BCUT2D eigenvalue weighted by atomic mass is 10.1. The first-order valence-corrected chi connectivity index (χ1v) is 7.46. The van der Waals surface area contributed by atoms with Crippen LogP contribution < -0.4 is 5.32 Å². The van der Waals surface area contributed by atoms with Crippen LogP contribution in [0.1, 0.15) is 15.4 Å². The number of furan rings is 1. The summed E-state index contributed by atoms with van der Waals surface area (Å²) in [6, 6.07) is 9.03. The van der Waals surface area contributed by atoms with Crippen molar-refractivity contribution in [2.75, 3.05) is 5.32 Å². The van der Waals surface area contributed by atoms with Crippen LogP contribution in [-0.2, 0) is 0 Å². The summed E-state index contributed by atoms with van der Waals surface area (Å²) in [6.07, 6.45) is 1.38. The Hall–Kier alpha value is -2.11. The predicted octanol–water partition coefficient (Wildman–Crippen LogP) is 4.62. The number of aryl methyl sites for hydroxylation is 1. The number of amides is 1. The molecule has 106 valence electrons. The van der Waals surface area contributed by atoms with Crippen LogP contribution in [0.3, 0.4) is 0 Å². The molecule has 3 aromatic rings. The highest BCUT2D eigenvalue weighted by Gasteiger charge is 2.13. The van der Waals surface area contributed by atoms with Crippen LogP contribution in [0, 0.1) is 6.92 Å². The molecule has 0 aliphatic rings. The quantitative estimate of drug-likeness (QED) is 0.766. The zero-order chi connectivity index (χ0) is 14.8. The molecule has 0 radical (unpaired) electrons. The normalized spacial score (nSPS) is 10.6.